The van der Waals surface area contributed by atoms with Crippen LogP contribution in [0.2, 0.25) is 0 Å². The van der Waals surface area contributed by atoms with Gasteiger partial charge in [0.15, 0.2) is 0 Å². The summed E-state index contributed by atoms with van der Waals surface area (Å²) in [5.74, 6) is -0.156. The van der Waals surface area contributed by atoms with Crippen LogP contribution < -0.4 is 10.9 Å². The molecule has 6 nitrogen and oxygen atoms in total. The zero-order valence-electron chi connectivity index (χ0n) is 14.8. The highest BCUT2D eigenvalue weighted by molar-refractivity contribution is 5.95. The summed E-state index contributed by atoms with van der Waals surface area (Å²) in [6.45, 7) is 2.40. The molecule has 138 valence electrons. The quantitative estimate of drug-likeness (QED) is 0.735. The van der Waals surface area contributed by atoms with E-state index in [4.69, 9.17) is 0 Å². The van der Waals surface area contributed by atoms with Gasteiger partial charge in [-0.3, -0.25) is 14.5 Å². The minimum absolute atomic E-state index is 0.156. The number of piperidine rings is 1. The van der Waals surface area contributed by atoms with Crippen molar-refractivity contribution in [3.8, 4) is 11.1 Å². The number of nitrogens with zero attached hydrogens (tertiary/aromatic N) is 1. The molecule has 0 radical (unpaired) electrons. The van der Waals surface area contributed by atoms with E-state index in [9.17, 15) is 14.7 Å². The minimum atomic E-state index is -0.176. The highest BCUT2D eigenvalue weighted by Gasteiger charge is 2.21. The fourth-order valence-electron chi connectivity index (χ4n) is 3.45. The maximum absolute atomic E-state index is 12.4. The van der Waals surface area contributed by atoms with Crippen molar-refractivity contribution in [2.24, 2.45) is 0 Å². The van der Waals surface area contributed by atoms with E-state index in [0.29, 0.717) is 17.7 Å². The van der Waals surface area contributed by atoms with Crippen LogP contribution in [-0.2, 0) is 0 Å². The molecule has 2 heterocycles. The molecular weight excluding hydrogens is 330 g/mol. The molecule has 26 heavy (non-hydrogen) atoms. The van der Waals surface area contributed by atoms with Crippen molar-refractivity contribution in [2.75, 3.05) is 26.2 Å². The normalized spacial score (nSPS) is 17.8. The van der Waals surface area contributed by atoms with E-state index in [1.807, 2.05) is 6.07 Å². The van der Waals surface area contributed by atoms with Gasteiger partial charge in [-0.25, -0.2) is 0 Å². The first-order chi connectivity index (χ1) is 12.7. The van der Waals surface area contributed by atoms with Gasteiger partial charge in [0.1, 0.15) is 0 Å². The van der Waals surface area contributed by atoms with Gasteiger partial charge in [0.2, 0.25) is 0 Å². The minimum Gasteiger partial charge on any atom is -0.395 e. The van der Waals surface area contributed by atoms with E-state index in [0.717, 1.165) is 37.9 Å². The van der Waals surface area contributed by atoms with Crippen molar-refractivity contribution < 1.29 is 9.90 Å². The summed E-state index contributed by atoms with van der Waals surface area (Å²) in [6.07, 6.45) is 4.89. The lowest BCUT2D eigenvalue weighted by Gasteiger charge is -2.34. The lowest BCUT2D eigenvalue weighted by molar-refractivity contribution is 0.0849. The van der Waals surface area contributed by atoms with Crippen LogP contribution in [0.1, 0.15) is 29.6 Å². The molecule has 0 saturated carbocycles. The number of hydrogen-bond acceptors (Lipinski definition) is 4. The number of likely N-dealkylation sites (tertiary alicyclic amines) is 1. The monoisotopic (exact) mass is 355 g/mol. The first-order valence-corrected chi connectivity index (χ1v) is 9.10. The average Bonchev–Trinajstić information content (AvgIpc) is 2.68. The number of amides is 1. The van der Waals surface area contributed by atoms with Gasteiger partial charge in [0.05, 0.1) is 6.61 Å². The Kier molecular flexibility index (Phi) is 6.20. The van der Waals surface area contributed by atoms with Gasteiger partial charge in [0.25, 0.3) is 11.5 Å². The summed E-state index contributed by atoms with van der Waals surface area (Å²) in [5.41, 5.74) is 1.62. The molecular formula is C20H25N3O3. The third-order valence-corrected chi connectivity index (χ3v) is 4.90. The van der Waals surface area contributed by atoms with Crippen LogP contribution in [-0.4, -0.2) is 53.2 Å². The molecule has 1 amide bonds. The first kappa shape index (κ1) is 18.4. The van der Waals surface area contributed by atoms with Crippen LogP contribution >= 0.6 is 0 Å². The van der Waals surface area contributed by atoms with E-state index in [-0.39, 0.29) is 24.1 Å². The van der Waals surface area contributed by atoms with E-state index in [2.05, 4.69) is 15.2 Å². The predicted octanol–water partition coefficient (Wildman–Crippen LogP) is 1.62. The number of nitrogens with one attached hydrogen (secondary N) is 2. The Balaban J connectivity index is 1.61. The lowest BCUT2D eigenvalue weighted by atomic mass is 10.0. The van der Waals surface area contributed by atoms with E-state index in [1.165, 1.54) is 0 Å². The molecule has 1 aliphatic heterocycles. The second-order valence-corrected chi connectivity index (χ2v) is 6.62. The van der Waals surface area contributed by atoms with Crippen molar-refractivity contribution in [3.05, 3.63) is 58.5 Å². The number of carbonyl (C=O) groups is 1. The molecule has 3 N–H and O–H groups in total. The first-order valence-electron chi connectivity index (χ1n) is 9.10. The highest BCUT2D eigenvalue weighted by Crippen LogP contribution is 2.17. The molecule has 1 aliphatic rings. The second-order valence-electron chi connectivity index (χ2n) is 6.62. The van der Waals surface area contributed by atoms with Gasteiger partial charge in [-0.2, -0.15) is 0 Å². The van der Waals surface area contributed by atoms with Gasteiger partial charge in [-0.05, 0) is 49.2 Å². The molecule has 0 spiro atoms. The number of aliphatic hydroxyl groups is 1. The second kappa shape index (κ2) is 8.78. The topological polar surface area (TPSA) is 85.4 Å². The molecule has 0 bridgehead atoms. The molecule has 0 aliphatic carbocycles. The van der Waals surface area contributed by atoms with Crippen molar-refractivity contribution in [3.63, 3.8) is 0 Å². The molecule has 1 saturated heterocycles. The van der Waals surface area contributed by atoms with Gasteiger partial charge < -0.3 is 15.4 Å². The molecule has 2 aromatic rings. The highest BCUT2D eigenvalue weighted by atomic mass is 16.3. The van der Waals surface area contributed by atoms with Gasteiger partial charge in [0, 0.05) is 36.5 Å². The number of aromatic amines is 1. The molecule has 1 fully saturated rings. The molecule has 3 rings (SSSR count). The van der Waals surface area contributed by atoms with Gasteiger partial charge in [-0.15, -0.1) is 0 Å². The smallest absolute Gasteiger partial charge is 0.255 e. The maximum atomic E-state index is 12.4. The van der Waals surface area contributed by atoms with Crippen LogP contribution in [0.15, 0.2) is 47.4 Å². The zero-order chi connectivity index (χ0) is 18.4. The molecule has 1 atom stereocenters. The molecule has 1 aromatic heterocycles. The summed E-state index contributed by atoms with van der Waals surface area (Å²) in [6, 6.07) is 10.8. The Hall–Kier alpha value is -2.44. The van der Waals surface area contributed by atoms with Crippen LogP contribution in [0.5, 0.6) is 0 Å². The Labute approximate surface area is 152 Å². The van der Waals surface area contributed by atoms with Gasteiger partial charge in [-0.1, -0.05) is 18.6 Å². The number of rotatable bonds is 6. The van der Waals surface area contributed by atoms with E-state index in [1.54, 1.807) is 36.5 Å². The fraction of sp³-hybridized carbons (Fsp3) is 0.400. The van der Waals surface area contributed by atoms with E-state index >= 15 is 0 Å². The summed E-state index contributed by atoms with van der Waals surface area (Å²) in [5, 5.41) is 12.4. The predicted molar refractivity (Wildman–Crippen MR) is 101 cm³/mol. The van der Waals surface area contributed by atoms with Crippen molar-refractivity contribution in [2.45, 2.75) is 25.3 Å². The Bertz CT molecular complexity index is 803. The number of hydrogen-bond donors (Lipinski definition) is 3. The zero-order valence-corrected chi connectivity index (χ0v) is 14.8. The number of H-pyrrole nitrogens is 1. The van der Waals surface area contributed by atoms with Crippen LogP contribution in [0.25, 0.3) is 11.1 Å². The lowest BCUT2D eigenvalue weighted by Crippen LogP contribution is -2.45. The van der Waals surface area contributed by atoms with Crippen LogP contribution in [0.3, 0.4) is 0 Å². The fourth-order valence-corrected chi connectivity index (χ4v) is 3.45. The SMILES string of the molecule is O=C(NCCN1CCCC[C@@H]1CO)c1cccc(-c2ccc[nH]c2=O)c1. The van der Waals surface area contributed by atoms with E-state index < -0.39 is 0 Å². The molecule has 0 unspecified atom stereocenters. The summed E-state index contributed by atoms with van der Waals surface area (Å²) < 4.78 is 0. The largest absolute Gasteiger partial charge is 0.395 e. The molecule has 6 heteroatoms. The Morgan fingerprint density at radius 1 is 1.27 bits per heavy atom. The molecule has 1 aromatic carbocycles. The number of aromatic nitrogens is 1. The van der Waals surface area contributed by atoms with Crippen LogP contribution in [0.4, 0.5) is 0 Å². The third-order valence-electron chi connectivity index (χ3n) is 4.90. The van der Waals surface area contributed by atoms with Crippen molar-refractivity contribution in [1.29, 1.82) is 0 Å². The maximum Gasteiger partial charge on any atom is 0.255 e. The number of pyridine rings is 1. The number of carbonyl (C=O) groups excluding carboxylic acids is 1. The van der Waals surface area contributed by atoms with Crippen LogP contribution in [0, 0.1) is 0 Å². The van der Waals surface area contributed by atoms with Crippen molar-refractivity contribution >= 4 is 5.91 Å². The Morgan fingerprint density at radius 2 is 2.15 bits per heavy atom. The Morgan fingerprint density at radius 3 is 2.96 bits per heavy atom. The summed E-state index contributed by atoms with van der Waals surface area (Å²) >= 11 is 0. The summed E-state index contributed by atoms with van der Waals surface area (Å²) in [4.78, 5) is 29.3. The van der Waals surface area contributed by atoms with Crippen molar-refractivity contribution in [1.82, 2.24) is 15.2 Å². The number of benzene rings is 1. The standard InChI is InChI=1S/C20H25N3O3/c24-14-17-7-1-2-11-23(17)12-10-22-19(25)16-6-3-5-15(13-16)18-8-4-9-21-20(18)26/h3-6,8-9,13,17,24H,1-2,7,10-12,14H2,(H,21,26)(H,22,25)/t17-/m1/s1. The van der Waals surface area contributed by atoms with Gasteiger partial charge >= 0.3 is 0 Å². The number of aliphatic hydroxyl groups excluding tert-OH is 1. The average molecular weight is 355 g/mol. The third kappa shape index (κ3) is 4.39. The summed E-state index contributed by atoms with van der Waals surface area (Å²) in [7, 11) is 0.